The van der Waals surface area contributed by atoms with Gasteiger partial charge in [-0.25, -0.2) is 0 Å². The Hall–Kier alpha value is -1.59. The molecule has 0 saturated heterocycles. The molecule has 1 amide bonds. The van der Waals surface area contributed by atoms with Gasteiger partial charge in [0.05, 0.1) is 13.2 Å². The maximum atomic E-state index is 11.1. The predicted octanol–water partition coefficient (Wildman–Crippen LogP) is 0.935. The van der Waals surface area contributed by atoms with Crippen molar-refractivity contribution in [1.29, 1.82) is 0 Å². The van der Waals surface area contributed by atoms with E-state index in [0.717, 1.165) is 18.7 Å². The second-order valence-corrected chi connectivity index (χ2v) is 4.15. The molecule has 0 bridgehead atoms. The predicted molar refractivity (Wildman–Crippen MR) is 74.0 cm³/mol. The first-order valence-corrected chi connectivity index (χ1v) is 6.52. The molecule has 3 N–H and O–H groups in total. The SMILES string of the molecule is CCCNC(COCCOc1ccccc1)C(N)=O. The molecule has 0 aliphatic rings. The van der Waals surface area contributed by atoms with E-state index in [4.69, 9.17) is 15.2 Å². The molecule has 0 saturated carbocycles. The summed E-state index contributed by atoms with van der Waals surface area (Å²) in [6.45, 7) is 3.92. The number of benzene rings is 1. The summed E-state index contributed by atoms with van der Waals surface area (Å²) >= 11 is 0. The average molecular weight is 266 g/mol. The van der Waals surface area contributed by atoms with E-state index in [2.05, 4.69) is 5.32 Å². The summed E-state index contributed by atoms with van der Waals surface area (Å²) in [5.74, 6) is 0.416. The van der Waals surface area contributed by atoms with Crippen LogP contribution in [-0.4, -0.2) is 38.3 Å². The van der Waals surface area contributed by atoms with Gasteiger partial charge in [-0.1, -0.05) is 25.1 Å². The Morgan fingerprint density at radius 2 is 2.05 bits per heavy atom. The average Bonchev–Trinajstić information content (AvgIpc) is 2.42. The van der Waals surface area contributed by atoms with Crippen LogP contribution in [0.4, 0.5) is 0 Å². The zero-order valence-corrected chi connectivity index (χ0v) is 11.3. The molecule has 1 aromatic rings. The number of ether oxygens (including phenoxy) is 2. The summed E-state index contributed by atoms with van der Waals surface area (Å²) in [6, 6.07) is 9.09. The van der Waals surface area contributed by atoms with Gasteiger partial charge in [0.15, 0.2) is 0 Å². The van der Waals surface area contributed by atoms with Gasteiger partial charge in [-0.15, -0.1) is 0 Å². The Balaban J connectivity index is 2.13. The van der Waals surface area contributed by atoms with Crippen LogP contribution in [0.15, 0.2) is 30.3 Å². The van der Waals surface area contributed by atoms with Gasteiger partial charge < -0.3 is 20.5 Å². The Bertz CT molecular complexity index is 357. The second-order valence-electron chi connectivity index (χ2n) is 4.15. The van der Waals surface area contributed by atoms with Crippen molar-refractivity contribution in [2.75, 3.05) is 26.4 Å². The molecule has 0 radical (unpaired) electrons. The lowest BCUT2D eigenvalue weighted by atomic mass is 10.3. The first-order valence-electron chi connectivity index (χ1n) is 6.52. The number of para-hydroxylation sites is 1. The minimum atomic E-state index is -0.434. The number of nitrogens with one attached hydrogen (secondary N) is 1. The van der Waals surface area contributed by atoms with Crippen molar-refractivity contribution in [2.24, 2.45) is 5.73 Å². The normalized spacial score (nSPS) is 12.1. The van der Waals surface area contributed by atoms with E-state index in [0.29, 0.717) is 13.2 Å². The zero-order valence-electron chi connectivity index (χ0n) is 11.3. The van der Waals surface area contributed by atoms with Crippen LogP contribution >= 0.6 is 0 Å². The molecule has 5 heteroatoms. The molecule has 0 spiro atoms. The highest BCUT2D eigenvalue weighted by atomic mass is 16.5. The van der Waals surface area contributed by atoms with E-state index >= 15 is 0 Å². The number of nitrogens with two attached hydrogens (primary N) is 1. The number of carbonyl (C=O) groups excluding carboxylic acids is 1. The summed E-state index contributed by atoms with van der Waals surface area (Å²) in [4.78, 5) is 11.1. The maximum absolute atomic E-state index is 11.1. The first kappa shape index (κ1) is 15.5. The lowest BCUT2D eigenvalue weighted by molar-refractivity contribution is -0.121. The van der Waals surface area contributed by atoms with Crippen molar-refractivity contribution in [2.45, 2.75) is 19.4 Å². The summed E-state index contributed by atoms with van der Waals surface area (Å²) in [6.07, 6.45) is 0.945. The van der Waals surface area contributed by atoms with E-state index in [1.54, 1.807) is 0 Å². The van der Waals surface area contributed by atoms with Crippen molar-refractivity contribution in [3.8, 4) is 5.75 Å². The highest BCUT2D eigenvalue weighted by Crippen LogP contribution is 2.07. The van der Waals surface area contributed by atoms with Crippen molar-refractivity contribution in [3.63, 3.8) is 0 Å². The third-order valence-electron chi connectivity index (χ3n) is 2.51. The fraction of sp³-hybridized carbons (Fsp3) is 0.500. The summed E-state index contributed by atoms with van der Waals surface area (Å²) in [5, 5.41) is 3.04. The van der Waals surface area contributed by atoms with Crippen LogP contribution in [0.1, 0.15) is 13.3 Å². The quantitative estimate of drug-likeness (QED) is 0.618. The number of amides is 1. The van der Waals surface area contributed by atoms with Crippen molar-refractivity contribution < 1.29 is 14.3 Å². The number of rotatable bonds is 10. The van der Waals surface area contributed by atoms with E-state index < -0.39 is 11.9 Å². The molecule has 0 aromatic heterocycles. The summed E-state index contributed by atoms with van der Waals surface area (Å²) < 4.78 is 10.9. The smallest absolute Gasteiger partial charge is 0.236 e. The first-order chi connectivity index (χ1) is 9.24. The fourth-order valence-electron chi connectivity index (χ4n) is 1.50. The Morgan fingerprint density at radius 1 is 1.32 bits per heavy atom. The molecule has 1 aromatic carbocycles. The third-order valence-corrected chi connectivity index (χ3v) is 2.51. The van der Waals surface area contributed by atoms with Crippen LogP contribution in [0.5, 0.6) is 5.75 Å². The van der Waals surface area contributed by atoms with E-state index in [9.17, 15) is 4.79 Å². The van der Waals surface area contributed by atoms with Crippen LogP contribution in [0.25, 0.3) is 0 Å². The molecular weight excluding hydrogens is 244 g/mol. The molecule has 0 aliphatic carbocycles. The molecule has 0 fully saturated rings. The zero-order chi connectivity index (χ0) is 13.9. The molecule has 106 valence electrons. The minimum absolute atomic E-state index is 0.271. The van der Waals surface area contributed by atoms with Gasteiger partial charge in [-0.2, -0.15) is 0 Å². The molecule has 5 nitrogen and oxygen atoms in total. The van der Waals surface area contributed by atoms with E-state index in [-0.39, 0.29) is 6.61 Å². The summed E-state index contributed by atoms with van der Waals surface area (Å²) in [5.41, 5.74) is 5.27. The largest absolute Gasteiger partial charge is 0.491 e. The number of hydrogen-bond donors (Lipinski definition) is 2. The van der Waals surface area contributed by atoms with Crippen molar-refractivity contribution >= 4 is 5.91 Å². The van der Waals surface area contributed by atoms with Crippen LogP contribution < -0.4 is 15.8 Å². The molecule has 1 rings (SSSR count). The minimum Gasteiger partial charge on any atom is -0.491 e. The van der Waals surface area contributed by atoms with Crippen LogP contribution in [0, 0.1) is 0 Å². The highest BCUT2D eigenvalue weighted by Gasteiger charge is 2.13. The molecular formula is C14H22N2O3. The topological polar surface area (TPSA) is 73.6 Å². The third kappa shape index (κ3) is 6.79. The lowest BCUT2D eigenvalue weighted by Gasteiger charge is -2.15. The Morgan fingerprint density at radius 3 is 2.68 bits per heavy atom. The fourth-order valence-corrected chi connectivity index (χ4v) is 1.50. The van der Waals surface area contributed by atoms with Crippen LogP contribution in [0.3, 0.4) is 0 Å². The Kier molecular flexibility index (Phi) is 7.62. The van der Waals surface area contributed by atoms with Crippen molar-refractivity contribution in [1.82, 2.24) is 5.32 Å². The standard InChI is InChI=1S/C14H22N2O3/c1-2-8-16-13(14(15)17)11-18-9-10-19-12-6-4-3-5-7-12/h3-7,13,16H,2,8-11H2,1H3,(H2,15,17). The van der Waals surface area contributed by atoms with Gasteiger partial charge in [0.25, 0.3) is 0 Å². The molecule has 19 heavy (non-hydrogen) atoms. The number of hydrogen-bond acceptors (Lipinski definition) is 4. The van der Waals surface area contributed by atoms with Crippen LogP contribution in [0.2, 0.25) is 0 Å². The van der Waals surface area contributed by atoms with Gasteiger partial charge >= 0.3 is 0 Å². The number of primary amides is 1. The summed E-state index contributed by atoms with van der Waals surface area (Å²) in [7, 11) is 0. The molecule has 0 heterocycles. The van der Waals surface area contributed by atoms with Gasteiger partial charge in [-0.05, 0) is 25.1 Å². The van der Waals surface area contributed by atoms with E-state index in [1.807, 2.05) is 37.3 Å². The molecule has 0 aliphatic heterocycles. The lowest BCUT2D eigenvalue weighted by Crippen LogP contribution is -2.45. The molecule has 1 unspecified atom stereocenters. The highest BCUT2D eigenvalue weighted by molar-refractivity contribution is 5.79. The second kappa shape index (κ2) is 9.35. The number of carbonyl (C=O) groups is 1. The monoisotopic (exact) mass is 266 g/mol. The van der Waals surface area contributed by atoms with Crippen LogP contribution in [-0.2, 0) is 9.53 Å². The van der Waals surface area contributed by atoms with Crippen molar-refractivity contribution in [3.05, 3.63) is 30.3 Å². The van der Waals surface area contributed by atoms with Gasteiger partial charge in [0.2, 0.25) is 5.91 Å². The van der Waals surface area contributed by atoms with Gasteiger partial charge in [-0.3, -0.25) is 4.79 Å². The van der Waals surface area contributed by atoms with Gasteiger partial charge in [0.1, 0.15) is 18.4 Å². The molecule has 1 atom stereocenters. The Labute approximate surface area is 114 Å². The van der Waals surface area contributed by atoms with Gasteiger partial charge in [0, 0.05) is 0 Å². The maximum Gasteiger partial charge on any atom is 0.236 e. The van der Waals surface area contributed by atoms with E-state index in [1.165, 1.54) is 0 Å².